The Morgan fingerprint density at radius 3 is 2.87 bits per heavy atom. The topological polar surface area (TPSA) is 29.5 Å². The van der Waals surface area contributed by atoms with Crippen LogP contribution in [-0.2, 0) is 4.74 Å². The maximum Gasteiger partial charge on any atom is 0.265 e. The van der Waals surface area contributed by atoms with Gasteiger partial charge in [0.15, 0.2) is 0 Å². The standard InChI is InChI=1S/C15H11BrCl2FNO2S/c16-9-1-4-23-14(9)15(21)20-2-3-22-13(7-20)8-5-12(19)11(18)6-10(8)17/h1,4-6,13H,2-3,7H2. The van der Waals surface area contributed by atoms with Crippen molar-refractivity contribution in [3.63, 3.8) is 0 Å². The number of hydrogen-bond acceptors (Lipinski definition) is 3. The normalized spacial score (nSPS) is 18.3. The van der Waals surface area contributed by atoms with Crippen LogP contribution in [0.1, 0.15) is 21.3 Å². The fourth-order valence-corrected chi connectivity index (χ4v) is 4.41. The third-order valence-corrected chi connectivity index (χ3v) is 5.99. The first kappa shape index (κ1) is 17.2. The molecule has 0 saturated carbocycles. The lowest BCUT2D eigenvalue weighted by molar-refractivity contribution is -0.0227. The van der Waals surface area contributed by atoms with E-state index in [0.29, 0.717) is 35.2 Å². The van der Waals surface area contributed by atoms with E-state index in [9.17, 15) is 9.18 Å². The summed E-state index contributed by atoms with van der Waals surface area (Å²) in [5.74, 6) is -0.634. The average Bonchev–Trinajstić information content (AvgIpc) is 2.96. The summed E-state index contributed by atoms with van der Waals surface area (Å²) < 4.78 is 20.2. The first-order valence-corrected chi connectivity index (χ1v) is 9.18. The summed E-state index contributed by atoms with van der Waals surface area (Å²) >= 11 is 16.6. The summed E-state index contributed by atoms with van der Waals surface area (Å²) in [7, 11) is 0. The average molecular weight is 439 g/mol. The Hall–Kier alpha value is -0.660. The molecule has 0 N–H and O–H groups in total. The van der Waals surface area contributed by atoms with E-state index < -0.39 is 11.9 Å². The first-order chi connectivity index (χ1) is 11.0. The van der Waals surface area contributed by atoms with Crippen molar-refractivity contribution in [2.45, 2.75) is 6.10 Å². The van der Waals surface area contributed by atoms with Gasteiger partial charge in [0, 0.05) is 21.6 Å². The molecule has 3 nitrogen and oxygen atoms in total. The van der Waals surface area contributed by atoms with E-state index in [0.717, 1.165) is 4.47 Å². The second-order valence-corrected chi connectivity index (χ2v) is 7.58. The molecule has 0 bridgehead atoms. The Bertz CT molecular complexity index is 755. The van der Waals surface area contributed by atoms with Crippen molar-refractivity contribution in [3.8, 4) is 0 Å². The highest BCUT2D eigenvalue weighted by atomic mass is 79.9. The highest BCUT2D eigenvalue weighted by molar-refractivity contribution is 9.10. The van der Waals surface area contributed by atoms with Crippen LogP contribution in [0.3, 0.4) is 0 Å². The van der Waals surface area contributed by atoms with Crippen molar-refractivity contribution in [2.75, 3.05) is 19.7 Å². The van der Waals surface area contributed by atoms with Crippen molar-refractivity contribution in [2.24, 2.45) is 0 Å². The second kappa shape index (κ2) is 7.07. The zero-order valence-electron chi connectivity index (χ0n) is 11.7. The van der Waals surface area contributed by atoms with Crippen LogP contribution in [0.2, 0.25) is 10.0 Å². The molecule has 1 amide bonds. The molecule has 0 radical (unpaired) electrons. The van der Waals surface area contributed by atoms with Gasteiger partial charge in [-0.15, -0.1) is 11.3 Å². The van der Waals surface area contributed by atoms with Gasteiger partial charge in [0.1, 0.15) is 16.8 Å². The fourth-order valence-electron chi connectivity index (χ4n) is 2.40. The maximum atomic E-state index is 13.7. The number of benzene rings is 1. The van der Waals surface area contributed by atoms with Crippen LogP contribution in [0.5, 0.6) is 0 Å². The van der Waals surface area contributed by atoms with Crippen molar-refractivity contribution in [1.29, 1.82) is 0 Å². The van der Waals surface area contributed by atoms with E-state index in [1.807, 2.05) is 11.4 Å². The van der Waals surface area contributed by atoms with Gasteiger partial charge in [-0.1, -0.05) is 23.2 Å². The number of thiophene rings is 1. The predicted octanol–water partition coefficient (Wildman–Crippen LogP) is 5.17. The summed E-state index contributed by atoms with van der Waals surface area (Å²) in [6, 6.07) is 4.46. The quantitative estimate of drug-likeness (QED) is 0.605. The number of nitrogens with zero attached hydrogens (tertiary/aromatic N) is 1. The number of hydrogen-bond donors (Lipinski definition) is 0. The highest BCUT2D eigenvalue weighted by Crippen LogP contribution is 2.33. The Balaban J connectivity index is 1.83. The van der Waals surface area contributed by atoms with Gasteiger partial charge in [0.05, 0.1) is 18.2 Å². The van der Waals surface area contributed by atoms with Crippen LogP contribution < -0.4 is 0 Å². The number of halogens is 4. The van der Waals surface area contributed by atoms with Crippen LogP contribution >= 0.6 is 50.5 Å². The number of morpholine rings is 1. The zero-order valence-corrected chi connectivity index (χ0v) is 15.6. The lowest BCUT2D eigenvalue weighted by Crippen LogP contribution is -2.42. The third kappa shape index (κ3) is 3.56. The SMILES string of the molecule is O=C(c1sccc1Br)N1CCOC(c2cc(F)c(Cl)cc2Cl)C1. The Labute approximate surface area is 155 Å². The molecule has 1 aliphatic heterocycles. The maximum absolute atomic E-state index is 13.7. The van der Waals surface area contributed by atoms with Gasteiger partial charge in [-0.3, -0.25) is 4.79 Å². The third-order valence-electron chi connectivity index (χ3n) is 3.55. The van der Waals surface area contributed by atoms with Gasteiger partial charge < -0.3 is 9.64 Å². The van der Waals surface area contributed by atoms with Crippen molar-refractivity contribution < 1.29 is 13.9 Å². The number of ether oxygens (including phenoxy) is 1. The molecule has 1 unspecified atom stereocenters. The summed E-state index contributed by atoms with van der Waals surface area (Å²) in [6.45, 7) is 1.15. The molecule has 0 aliphatic carbocycles. The monoisotopic (exact) mass is 437 g/mol. The van der Waals surface area contributed by atoms with Gasteiger partial charge in [0.2, 0.25) is 0 Å². The van der Waals surface area contributed by atoms with Gasteiger partial charge in [-0.2, -0.15) is 0 Å². The molecule has 3 rings (SSSR count). The number of rotatable bonds is 2. The minimum absolute atomic E-state index is 0.0370. The van der Waals surface area contributed by atoms with E-state index in [4.69, 9.17) is 27.9 Å². The van der Waals surface area contributed by atoms with Crippen LogP contribution in [0.15, 0.2) is 28.1 Å². The Morgan fingerprint density at radius 2 is 2.17 bits per heavy atom. The van der Waals surface area contributed by atoms with E-state index in [1.54, 1.807) is 4.90 Å². The molecule has 1 fully saturated rings. The Morgan fingerprint density at radius 1 is 1.39 bits per heavy atom. The molecule has 23 heavy (non-hydrogen) atoms. The Kier molecular flexibility index (Phi) is 5.28. The minimum Gasteiger partial charge on any atom is -0.370 e. The van der Waals surface area contributed by atoms with Crippen LogP contribution in [0.25, 0.3) is 0 Å². The molecule has 2 heterocycles. The van der Waals surface area contributed by atoms with E-state index in [2.05, 4.69) is 15.9 Å². The van der Waals surface area contributed by atoms with Crippen molar-refractivity contribution in [1.82, 2.24) is 4.90 Å². The highest BCUT2D eigenvalue weighted by Gasteiger charge is 2.29. The lowest BCUT2D eigenvalue weighted by atomic mass is 10.1. The van der Waals surface area contributed by atoms with Crippen LogP contribution in [0.4, 0.5) is 4.39 Å². The molecule has 2 aromatic rings. The van der Waals surface area contributed by atoms with E-state index in [-0.39, 0.29) is 10.9 Å². The van der Waals surface area contributed by atoms with Gasteiger partial charge in [-0.05, 0) is 39.5 Å². The first-order valence-electron chi connectivity index (χ1n) is 6.75. The zero-order chi connectivity index (χ0) is 16.6. The number of amides is 1. The van der Waals surface area contributed by atoms with Gasteiger partial charge >= 0.3 is 0 Å². The fraction of sp³-hybridized carbons (Fsp3) is 0.267. The molecule has 0 spiro atoms. The second-order valence-electron chi connectivity index (χ2n) is 5.00. The molecular weight excluding hydrogens is 428 g/mol. The predicted molar refractivity (Wildman–Crippen MR) is 93.0 cm³/mol. The smallest absolute Gasteiger partial charge is 0.265 e. The lowest BCUT2D eigenvalue weighted by Gasteiger charge is -2.33. The molecule has 1 saturated heterocycles. The van der Waals surface area contributed by atoms with Crippen LogP contribution in [0, 0.1) is 5.82 Å². The summed E-state index contributed by atoms with van der Waals surface area (Å²) in [5.41, 5.74) is 0.497. The number of carbonyl (C=O) groups excluding carboxylic acids is 1. The number of carbonyl (C=O) groups is 1. The minimum atomic E-state index is -0.556. The molecule has 1 aromatic carbocycles. The molecule has 8 heteroatoms. The molecular formula is C15H11BrCl2FNO2S. The molecule has 122 valence electrons. The van der Waals surface area contributed by atoms with Crippen LogP contribution in [-0.4, -0.2) is 30.5 Å². The molecule has 1 aromatic heterocycles. The summed E-state index contributed by atoms with van der Waals surface area (Å²) in [5, 5.41) is 2.14. The van der Waals surface area contributed by atoms with Gasteiger partial charge in [-0.25, -0.2) is 4.39 Å². The van der Waals surface area contributed by atoms with Gasteiger partial charge in [0.25, 0.3) is 5.91 Å². The van der Waals surface area contributed by atoms with Crippen molar-refractivity contribution in [3.05, 3.63) is 54.4 Å². The summed E-state index contributed by atoms with van der Waals surface area (Å²) in [6.07, 6.45) is -0.481. The van der Waals surface area contributed by atoms with Crippen molar-refractivity contribution >= 4 is 56.4 Å². The molecule has 1 atom stereocenters. The largest absolute Gasteiger partial charge is 0.370 e. The van der Waals surface area contributed by atoms with E-state index >= 15 is 0 Å². The molecule has 1 aliphatic rings. The van der Waals surface area contributed by atoms with E-state index in [1.165, 1.54) is 23.5 Å². The summed E-state index contributed by atoms with van der Waals surface area (Å²) in [4.78, 5) is 14.9.